The summed E-state index contributed by atoms with van der Waals surface area (Å²) in [6.07, 6.45) is 0. The molecule has 0 aromatic heterocycles. The number of carbonyl (C=O) groups is 1. The maximum absolute atomic E-state index is 13.0. The third-order valence-corrected chi connectivity index (χ3v) is 3.25. The molecule has 110 valence electrons. The molecule has 21 heavy (non-hydrogen) atoms. The maximum Gasteiger partial charge on any atom is 0.238 e. The Hall–Kier alpha value is -2.20. The number of nitrogens with one attached hydrogen (secondary N) is 2. The molecule has 0 fully saturated rings. The SMILES string of the molecule is Cc1ccc([C@H](C)NCC(=O)Nc2cccc(F)c2)cc1. The minimum absolute atomic E-state index is 0.0730. The summed E-state index contributed by atoms with van der Waals surface area (Å²) in [5, 5.41) is 5.80. The van der Waals surface area contributed by atoms with Crippen molar-refractivity contribution in [3.05, 3.63) is 65.5 Å². The van der Waals surface area contributed by atoms with E-state index in [1.165, 1.54) is 17.7 Å². The van der Waals surface area contributed by atoms with Gasteiger partial charge in [-0.15, -0.1) is 0 Å². The molecule has 2 aromatic carbocycles. The van der Waals surface area contributed by atoms with Gasteiger partial charge in [0.2, 0.25) is 5.91 Å². The first-order valence-corrected chi connectivity index (χ1v) is 6.90. The summed E-state index contributed by atoms with van der Waals surface area (Å²) in [5.41, 5.74) is 2.79. The molecule has 0 radical (unpaired) electrons. The fourth-order valence-electron chi connectivity index (χ4n) is 1.99. The Kier molecular flexibility index (Phi) is 5.06. The molecule has 3 nitrogen and oxygen atoms in total. The van der Waals surface area contributed by atoms with Gasteiger partial charge in [-0.1, -0.05) is 35.9 Å². The van der Waals surface area contributed by atoms with E-state index in [1.54, 1.807) is 12.1 Å². The first kappa shape index (κ1) is 15.2. The lowest BCUT2D eigenvalue weighted by molar-refractivity contribution is -0.115. The van der Waals surface area contributed by atoms with Gasteiger partial charge in [-0.05, 0) is 37.6 Å². The maximum atomic E-state index is 13.0. The fraction of sp³-hybridized carbons (Fsp3) is 0.235. The summed E-state index contributed by atoms with van der Waals surface area (Å²) in [5.74, 6) is -0.562. The van der Waals surface area contributed by atoms with E-state index in [0.717, 1.165) is 5.56 Å². The van der Waals surface area contributed by atoms with Gasteiger partial charge in [0.25, 0.3) is 0 Å². The molecule has 2 N–H and O–H groups in total. The molecule has 0 aliphatic rings. The van der Waals surface area contributed by atoms with E-state index in [1.807, 2.05) is 38.1 Å². The van der Waals surface area contributed by atoms with Gasteiger partial charge in [0, 0.05) is 11.7 Å². The number of aryl methyl sites for hydroxylation is 1. The first-order valence-electron chi connectivity index (χ1n) is 6.90. The molecule has 2 aromatic rings. The largest absolute Gasteiger partial charge is 0.325 e. The van der Waals surface area contributed by atoms with Crippen LogP contribution in [-0.4, -0.2) is 12.5 Å². The van der Waals surface area contributed by atoms with Gasteiger partial charge in [0.05, 0.1) is 6.54 Å². The van der Waals surface area contributed by atoms with Crippen LogP contribution in [0.4, 0.5) is 10.1 Å². The Morgan fingerprint density at radius 1 is 1.19 bits per heavy atom. The molecule has 4 heteroatoms. The van der Waals surface area contributed by atoms with Crippen LogP contribution in [0.25, 0.3) is 0 Å². The molecule has 0 aliphatic heterocycles. The van der Waals surface area contributed by atoms with Crippen molar-refractivity contribution in [2.24, 2.45) is 0 Å². The average molecular weight is 286 g/mol. The number of anilines is 1. The molecule has 1 atom stereocenters. The Bertz CT molecular complexity index is 610. The Morgan fingerprint density at radius 3 is 2.57 bits per heavy atom. The number of rotatable bonds is 5. The van der Waals surface area contributed by atoms with Gasteiger partial charge in [-0.3, -0.25) is 4.79 Å². The van der Waals surface area contributed by atoms with Crippen LogP contribution in [0, 0.1) is 12.7 Å². The number of hydrogen-bond donors (Lipinski definition) is 2. The van der Waals surface area contributed by atoms with Gasteiger partial charge in [-0.2, -0.15) is 0 Å². The van der Waals surface area contributed by atoms with Crippen molar-refractivity contribution in [2.75, 3.05) is 11.9 Å². The first-order chi connectivity index (χ1) is 10.0. The molecule has 0 saturated carbocycles. The molecule has 2 rings (SSSR count). The topological polar surface area (TPSA) is 41.1 Å². The summed E-state index contributed by atoms with van der Waals surface area (Å²) in [6.45, 7) is 4.21. The van der Waals surface area contributed by atoms with Gasteiger partial charge < -0.3 is 10.6 Å². The zero-order chi connectivity index (χ0) is 15.2. The van der Waals surface area contributed by atoms with Gasteiger partial charge >= 0.3 is 0 Å². The van der Waals surface area contributed by atoms with Gasteiger partial charge in [0.15, 0.2) is 0 Å². The zero-order valence-electron chi connectivity index (χ0n) is 12.2. The summed E-state index contributed by atoms with van der Waals surface area (Å²) in [6, 6.07) is 14.1. The second kappa shape index (κ2) is 6.99. The van der Waals surface area contributed by atoms with Crippen LogP contribution >= 0.6 is 0 Å². The van der Waals surface area contributed by atoms with Crippen LogP contribution in [0.15, 0.2) is 48.5 Å². The predicted molar refractivity (Wildman–Crippen MR) is 82.6 cm³/mol. The molecular weight excluding hydrogens is 267 g/mol. The minimum atomic E-state index is -0.367. The van der Waals surface area contributed by atoms with Crippen LogP contribution in [0.1, 0.15) is 24.1 Å². The van der Waals surface area contributed by atoms with E-state index in [4.69, 9.17) is 0 Å². The summed E-state index contributed by atoms with van der Waals surface area (Å²) in [4.78, 5) is 11.8. The van der Waals surface area contributed by atoms with E-state index in [0.29, 0.717) is 5.69 Å². The third-order valence-electron chi connectivity index (χ3n) is 3.25. The van der Waals surface area contributed by atoms with Gasteiger partial charge in [-0.25, -0.2) is 4.39 Å². The Labute approximate surface area is 124 Å². The summed E-state index contributed by atoms with van der Waals surface area (Å²) >= 11 is 0. The lowest BCUT2D eigenvalue weighted by atomic mass is 10.1. The quantitative estimate of drug-likeness (QED) is 0.884. The summed E-state index contributed by atoms with van der Waals surface area (Å²) in [7, 11) is 0. The Morgan fingerprint density at radius 2 is 1.90 bits per heavy atom. The van der Waals surface area contributed by atoms with Crippen molar-refractivity contribution in [3.8, 4) is 0 Å². The highest BCUT2D eigenvalue weighted by atomic mass is 19.1. The molecule has 0 saturated heterocycles. The van der Waals surface area contributed by atoms with Crippen molar-refractivity contribution < 1.29 is 9.18 Å². The van der Waals surface area contributed by atoms with E-state index in [-0.39, 0.29) is 24.3 Å². The van der Waals surface area contributed by atoms with E-state index in [2.05, 4.69) is 10.6 Å². The monoisotopic (exact) mass is 286 g/mol. The number of benzene rings is 2. The highest BCUT2D eigenvalue weighted by molar-refractivity contribution is 5.92. The average Bonchev–Trinajstić information content (AvgIpc) is 2.45. The molecule has 0 bridgehead atoms. The second-order valence-electron chi connectivity index (χ2n) is 5.07. The molecule has 0 aliphatic carbocycles. The van der Waals surface area contributed by atoms with Crippen LogP contribution < -0.4 is 10.6 Å². The van der Waals surface area contributed by atoms with E-state index in [9.17, 15) is 9.18 Å². The van der Waals surface area contributed by atoms with Crippen molar-refractivity contribution in [1.29, 1.82) is 0 Å². The second-order valence-corrected chi connectivity index (χ2v) is 5.07. The van der Waals surface area contributed by atoms with Crippen molar-refractivity contribution in [3.63, 3.8) is 0 Å². The van der Waals surface area contributed by atoms with Gasteiger partial charge in [0.1, 0.15) is 5.82 Å². The van der Waals surface area contributed by atoms with Crippen molar-refractivity contribution in [2.45, 2.75) is 19.9 Å². The van der Waals surface area contributed by atoms with Crippen LogP contribution in [-0.2, 0) is 4.79 Å². The molecule has 0 heterocycles. The lowest BCUT2D eigenvalue weighted by Crippen LogP contribution is -2.30. The highest BCUT2D eigenvalue weighted by Crippen LogP contribution is 2.13. The zero-order valence-corrected chi connectivity index (χ0v) is 12.2. The standard InChI is InChI=1S/C17H19FN2O/c1-12-6-8-14(9-7-12)13(2)19-11-17(21)20-16-5-3-4-15(18)10-16/h3-10,13,19H,11H2,1-2H3,(H,20,21)/t13-/m0/s1. The van der Waals surface area contributed by atoms with Crippen LogP contribution in [0.5, 0.6) is 0 Å². The third kappa shape index (κ3) is 4.68. The Balaban J connectivity index is 1.84. The molecule has 0 unspecified atom stereocenters. The number of halogens is 1. The molecular formula is C17H19FN2O. The normalized spacial score (nSPS) is 12.0. The highest BCUT2D eigenvalue weighted by Gasteiger charge is 2.08. The number of hydrogen-bond acceptors (Lipinski definition) is 2. The lowest BCUT2D eigenvalue weighted by Gasteiger charge is -2.14. The van der Waals surface area contributed by atoms with E-state index < -0.39 is 0 Å². The van der Waals surface area contributed by atoms with Crippen LogP contribution in [0.3, 0.4) is 0 Å². The smallest absolute Gasteiger partial charge is 0.238 e. The fourth-order valence-corrected chi connectivity index (χ4v) is 1.99. The minimum Gasteiger partial charge on any atom is -0.325 e. The predicted octanol–water partition coefficient (Wildman–Crippen LogP) is 3.42. The molecule has 0 spiro atoms. The number of amides is 1. The van der Waals surface area contributed by atoms with E-state index >= 15 is 0 Å². The van der Waals surface area contributed by atoms with Crippen LogP contribution in [0.2, 0.25) is 0 Å². The summed E-state index contributed by atoms with van der Waals surface area (Å²) < 4.78 is 13.0. The van der Waals surface area contributed by atoms with Crippen molar-refractivity contribution >= 4 is 11.6 Å². The van der Waals surface area contributed by atoms with Crippen molar-refractivity contribution in [1.82, 2.24) is 5.32 Å². The molecule has 1 amide bonds. The number of carbonyl (C=O) groups excluding carboxylic acids is 1.